The van der Waals surface area contributed by atoms with Crippen LogP contribution < -0.4 is 5.73 Å². The highest BCUT2D eigenvalue weighted by atomic mass is 35.5. The number of hydrogen-bond acceptors (Lipinski definition) is 1. The Kier molecular flexibility index (Phi) is 4.41. The smallest absolute Gasteiger partial charge is 0.324 e. The first-order valence-electron chi connectivity index (χ1n) is 6.52. The minimum absolute atomic E-state index is 0.0589. The highest BCUT2D eigenvalue weighted by Gasteiger charge is 2.37. The minimum atomic E-state index is -4.41. The van der Waals surface area contributed by atoms with Gasteiger partial charge in [0.1, 0.15) is 0 Å². The number of hydrogen-bond donors (Lipinski definition) is 1. The van der Waals surface area contributed by atoms with Crippen molar-refractivity contribution in [3.05, 3.63) is 34.3 Å². The zero-order valence-electron chi connectivity index (χ0n) is 10.5. The van der Waals surface area contributed by atoms with Crippen LogP contribution in [0.15, 0.2) is 18.2 Å². The van der Waals surface area contributed by atoms with E-state index in [9.17, 15) is 13.2 Å². The van der Waals surface area contributed by atoms with Crippen LogP contribution in [0.2, 0.25) is 5.02 Å². The topological polar surface area (TPSA) is 26.0 Å². The summed E-state index contributed by atoms with van der Waals surface area (Å²) in [6.07, 6.45) is 0.548. The molecular formula is C14H17ClF3N. The van der Waals surface area contributed by atoms with E-state index < -0.39 is 17.8 Å². The summed E-state index contributed by atoms with van der Waals surface area (Å²) >= 11 is 5.97. The summed E-state index contributed by atoms with van der Waals surface area (Å²) < 4.78 is 39.1. The molecule has 0 radical (unpaired) electrons. The van der Waals surface area contributed by atoms with Crippen LogP contribution in [0.3, 0.4) is 0 Å². The molecule has 0 aliphatic heterocycles. The van der Waals surface area contributed by atoms with E-state index in [1.165, 1.54) is 12.1 Å². The molecule has 0 spiro atoms. The Morgan fingerprint density at radius 3 is 2.37 bits per heavy atom. The molecular weight excluding hydrogens is 275 g/mol. The van der Waals surface area contributed by atoms with Gasteiger partial charge in [0, 0.05) is 11.1 Å². The number of halogens is 4. The van der Waals surface area contributed by atoms with Crippen LogP contribution in [0.5, 0.6) is 0 Å². The zero-order chi connectivity index (χ0) is 14.0. The number of rotatable bonds is 2. The highest BCUT2D eigenvalue weighted by molar-refractivity contribution is 6.31. The van der Waals surface area contributed by atoms with Gasteiger partial charge in [-0.05, 0) is 36.5 Å². The van der Waals surface area contributed by atoms with Crippen LogP contribution >= 0.6 is 11.6 Å². The quantitative estimate of drug-likeness (QED) is 0.820. The van der Waals surface area contributed by atoms with E-state index in [0.717, 1.165) is 38.2 Å². The van der Waals surface area contributed by atoms with Crippen LogP contribution in [0.4, 0.5) is 13.2 Å². The summed E-state index contributed by atoms with van der Waals surface area (Å²) in [5, 5.41) is 0.118. The Morgan fingerprint density at radius 1 is 1.16 bits per heavy atom. The number of benzene rings is 1. The van der Waals surface area contributed by atoms with Gasteiger partial charge in [-0.1, -0.05) is 36.9 Å². The molecule has 0 unspecified atom stereocenters. The molecule has 0 amide bonds. The molecule has 0 heterocycles. The lowest BCUT2D eigenvalue weighted by atomic mass is 9.80. The van der Waals surface area contributed by atoms with Gasteiger partial charge in [-0.3, -0.25) is 0 Å². The zero-order valence-corrected chi connectivity index (χ0v) is 11.3. The molecule has 106 valence electrons. The van der Waals surface area contributed by atoms with Crippen molar-refractivity contribution in [2.45, 2.75) is 44.3 Å². The van der Waals surface area contributed by atoms with Crippen molar-refractivity contribution in [3.8, 4) is 0 Å². The van der Waals surface area contributed by atoms with Gasteiger partial charge in [0.15, 0.2) is 0 Å². The first-order chi connectivity index (χ1) is 8.91. The fourth-order valence-corrected chi connectivity index (χ4v) is 3.15. The van der Waals surface area contributed by atoms with Crippen molar-refractivity contribution in [3.63, 3.8) is 0 Å². The van der Waals surface area contributed by atoms with Crippen LogP contribution in [0.25, 0.3) is 0 Å². The lowest BCUT2D eigenvalue weighted by Crippen LogP contribution is -2.26. The fourth-order valence-electron chi connectivity index (χ4n) is 2.85. The predicted molar refractivity (Wildman–Crippen MR) is 70.0 cm³/mol. The third-order valence-corrected chi connectivity index (χ3v) is 4.18. The fraction of sp³-hybridized carbons (Fsp3) is 0.571. The van der Waals surface area contributed by atoms with Crippen molar-refractivity contribution in [1.29, 1.82) is 0 Å². The van der Waals surface area contributed by atoms with Gasteiger partial charge in [-0.25, -0.2) is 0 Å². The summed E-state index contributed by atoms with van der Waals surface area (Å²) in [7, 11) is 0. The average Bonchev–Trinajstić information content (AvgIpc) is 2.37. The molecule has 1 aromatic carbocycles. The Balaban J connectivity index is 2.37. The van der Waals surface area contributed by atoms with Crippen LogP contribution in [0.1, 0.15) is 49.3 Å². The average molecular weight is 292 g/mol. The summed E-state index contributed by atoms with van der Waals surface area (Å²) in [6, 6.07) is 3.23. The molecule has 2 rings (SSSR count). The van der Waals surface area contributed by atoms with E-state index in [0.29, 0.717) is 0 Å². The summed E-state index contributed by atoms with van der Waals surface area (Å²) in [6.45, 7) is 0. The molecule has 1 saturated carbocycles. The molecule has 0 aromatic heterocycles. The molecule has 1 fully saturated rings. The van der Waals surface area contributed by atoms with E-state index in [1.807, 2.05) is 0 Å². The predicted octanol–water partition coefficient (Wildman–Crippen LogP) is 4.94. The van der Waals surface area contributed by atoms with Crippen molar-refractivity contribution < 1.29 is 13.2 Å². The van der Waals surface area contributed by atoms with Crippen LogP contribution in [-0.2, 0) is 6.18 Å². The van der Waals surface area contributed by atoms with Crippen LogP contribution in [-0.4, -0.2) is 0 Å². The molecule has 0 saturated heterocycles. The molecule has 2 N–H and O–H groups in total. The third-order valence-electron chi connectivity index (χ3n) is 3.85. The first-order valence-corrected chi connectivity index (χ1v) is 6.90. The van der Waals surface area contributed by atoms with E-state index >= 15 is 0 Å². The maximum atomic E-state index is 13.0. The summed E-state index contributed by atoms with van der Waals surface area (Å²) in [4.78, 5) is 0. The summed E-state index contributed by atoms with van der Waals surface area (Å²) in [5.74, 6) is 0.0924. The molecule has 1 aliphatic rings. The van der Waals surface area contributed by atoms with Crippen molar-refractivity contribution >= 4 is 11.6 Å². The number of alkyl halides is 3. The van der Waals surface area contributed by atoms with Gasteiger partial charge in [0.2, 0.25) is 0 Å². The standard InChI is InChI=1S/C14H17ClF3N/c15-11-8-4-7-10(14(16,17)18)12(11)13(19)9-5-2-1-3-6-9/h4,7-9,13H,1-3,5-6,19H2/t13-/m0/s1. The van der Waals surface area contributed by atoms with Crippen molar-refractivity contribution in [2.75, 3.05) is 0 Å². The Bertz CT molecular complexity index is 439. The van der Waals surface area contributed by atoms with Gasteiger partial charge in [-0.2, -0.15) is 13.2 Å². The number of nitrogens with two attached hydrogens (primary N) is 1. The van der Waals surface area contributed by atoms with Gasteiger partial charge < -0.3 is 5.73 Å². The van der Waals surface area contributed by atoms with Gasteiger partial charge in [-0.15, -0.1) is 0 Å². The van der Waals surface area contributed by atoms with E-state index in [4.69, 9.17) is 17.3 Å². The highest BCUT2D eigenvalue weighted by Crippen LogP contribution is 2.42. The lowest BCUT2D eigenvalue weighted by Gasteiger charge is -2.30. The van der Waals surface area contributed by atoms with E-state index in [-0.39, 0.29) is 16.5 Å². The van der Waals surface area contributed by atoms with Crippen molar-refractivity contribution in [2.24, 2.45) is 11.7 Å². The van der Waals surface area contributed by atoms with E-state index in [1.54, 1.807) is 0 Å². The van der Waals surface area contributed by atoms with E-state index in [2.05, 4.69) is 0 Å². The van der Waals surface area contributed by atoms with Gasteiger partial charge in [0.25, 0.3) is 0 Å². The van der Waals surface area contributed by atoms with Crippen LogP contribution in [0, 0.1) is 5.92 Å². The third kappa shape index (κ3) is 3.23. The molecule has 1 nitrogen and oxygen atoms in total. The normalized spacial score (nSPS) is 19.4. The summed E-state index contributed by atoms with van der Waals surface area (Å²) in [5.41, 5.74) is 5.45. The largest absolute Gasteiger partial charge is 0.416 e. The van der Waals surface area contributed by atoms with Gasteiger partial charge in [0.05, 0.1) is 5.56 Å². The molecule has 1 aliphatic carbocycles. The molecule has 0 bridgehead atoms. The maximum absolute atomic E-state index is 13.0. The second-order valence-corrected chi connectivity index (χ2v) is 5.53. The SMILES string of the molecule is N[C@H](c1c(Cl)cccc1C(F)(F)F)C1CCCCC1. The Hall–Kier alpha value is -0.740. The molecule has 1 aromatic rings. The Labute approximate surface area is 115 Å². The first kappa shape index (κ1) is 14.7. The molecule has 1 atom stereocenters. The Morgan fingerprint density at radius 2 is 1.79 bits per heavy atom. The monoisotopic (exact) mass is 291 g/mol. The second kappa shape index (κ2) is 5.71. The minimum Gasteiger partial charge on any atom is -0.324 e. The van der Waals surface area contributed by atoms with Crippen molar-refractivity contribution in [1.82, 2.24) is 0 Å². The lowest BCUT2D eigenvalue weighted by molar-refractivity contribution is -0.138. The molecule has 19 heavy (non-hydrogen) atoms. The van der Waals surface area contributed by atoms with Gasteiger partial charge >= 0.3 is 6.18 Å². The second-order valence-electron chi connectivity index (χ2n) is 5.12. The molecule has 5 heteroatoms. The maximum Gasteiger partial charge on any atom is 0.416 e.